The van der Waals surface area contributed by atoms with Gasteiger partial charge in [0.1, 0.15) is 28.6 Å². The van der Waals surface area contributed by atoms with E-state index in [1.165, 1.54) is 18.2 Å². The second kappa shape index (κ2) is 18.8. The highest BCUT2D eigenvalue weighted by Gasteiger charge is 2.40. The summed E-state index contributed by atoms with van der Waals surface area (Å²) in [7, 11) is 0. The van der Waals surface area contributed by atoms with E-state index in [1.54, 1.807) is 48.5 Å². The van der Waals surface area contributed by atoms with E-state index in [1.807, 2.05) is 0 Å². The van der Waals surface area contributed by atoms with Crippen molar-refractivity contribution < 1.29 is 47.6 Å². The summed E-state index contributed by atoms with van der Waals surface area (Å²) in [6, 6.07) is 17.2. The first-order valence-electron chi connectivity index (χ1n) is 17.9. The summed E-state index contributed by atoms with van der Waals surface area (Å²) in [4.78, 5) is 51.8. The number of benzene rings is 3. The number of unbranched alkanes of at least 4 members (excludes halogenated alkanes) is 3. The van der Waals surface area contributed by atoms with Gasteiger partial charge in [-0.2, -0.15) is 0 Å². The average Bonchev–Trinajstić information content (AvgIpc) is 3.79. The number of hydrogen-bond donors (Lipinski definition) is 0. The summed E-state index contributed by atoms with van der Waals surface area (Å²) in [5, 5.41) is 0. The number of allylic oxidation sites excluding steroid dienone is 2. The molecule has 51 heavy (non-hydrogen) atoms. The van der Waals surface area contributed by atoms with E-state index in [0.29, 0.717) is 43.5 Å². The zero-order valence-corrected chi connectivity index (χ0v) is 29.3. The fraction of sp³-hybridized carbons (Fsp3) is 0.415. The van der Waals surface area contributed by atoms with Crippen LogP contribution in [-0.2, 0) is 14.3 Å². The molecule has 0 spiro atoms. The molecule has 10 heteroatoms. The van der Waals surface area contributed by atoms with Gasteiger partial charge in [-0.15, -0.1) is 0 Å². The number of carbonyl (C=O) groups is 4. The highest BCUT2D eigenvalue weighted by atomic mass is 16.6. The smallest absolute Gasteiger partial charge is 0.343 e. The molecule has 270 valence electrons. The number of carbonyl (C=O) groups excluding carboxylic acids is 4. The van der Waals surface area contributed by atoms with Crippen molar-refractivity contribution in [3.05, 3.63) is 95.6 Å². The highest BCUT2D eigenvalue weighted by molar-refractivity contribution is 5.97. The molecular weight excluding hydrogens is 652 g/mol. The van der Waals surface area contributed by atoms with Crippen LogP contribution < -0.4 is 18.9 Å². The number of ether oxygens (including phenoxy) is 6. The molecule has 1 fully saturated rings. The molecule has 2 aliphatic rings. The van der Waals surface area contributed by atoms with Gasteiger partial charge in [-0.1, -0.05) is 38.8 Å². The molecule has 0 aromatic heterocycles. The fourth-order valence-corrected chi connectivity index (χ4v) is 5.97. The molecule has 3 aromatic rings. The third kappa shape index (κ3) is 10.7. The largest absolute Gasteiger partial charge is 0.494 e. The third-order valence-corrected chi connectivity index (χ3v) is 8.90. The van der Waals surface area contributed by atoms with Crippen LogP contribution >= 0.6 is 0 Å². The minimum absolute atomic E-state index is 0.0385. The summed E-state index contributed by atoms with van der Waals surface area (Å²) in [5.74, 6) is -0.303. The lowest BCUT2D eigenvalue weighted by Gasteiger charge is -2.16. The Bertz CT molecular complexity index is 1660. The molecule has 0 radical (unpaired) electrons. The number of rotatable bonds is 19. The van der Waals surface area contributed by atoms with Crippen LogP contribution in [0.25, 0.3) is 0 Å². The van der Waals surface area contributed by atoms with Crippen LogP contribution in [0.1, 0.15) is 96.3 Å². The van der Waals surface area contributed by atoms with Crippen LogP contribution in [0.15, 0.2) is 78.9 Å². The van der Waals surface area contributed by atoms with Gasteiger partial charge in [0.2, 0.25) is 0 Å². The van der Waals surface area contributed by atoms with Gasteiger partial charge in [-0.25, -0.2) is 14.4 Å². The van der Waals surface area contributed by atoms with Crippen LogP contribution in [0.3, 0.4) is 0 Å². The zero-order chi connectivity index (χ0) is 36.0. The summed E-state index contributed by atoms with van der Waals surface area (Å²) in [5.41, 5.74) is 0.451. The second-order valence-corrected chi connectivity index (χ2v) is 12.8. The highest BCUT2D eigenvalue weighted by Crippen LogP contribution is 2.43. The summed E-state index contributed by atoms with van der Waals surface area (Å²) in [6.07, 6.45) is 11.0. The van der Waals surface area contributed by atoms with Crippen molar-refractivity contribution in [3.63, 3.8) is 0 Å². The molecule has 2 bridgehead atoms. The third-order valence-electron chi connectivity index (χ3n) is 8.90. The van der Waals surface area contributed by atoms with Crippen LogP contribution in [0.2, 0.25) is 0 Å². The minimum Gasteiger partial charge on any atom is -0.494 e. The van der Waals surface area contributed by atoms with Gasteiger partial charge in [-0.05, 0) is 117 Å². The first-order valence-corrected chi connectivity index (χ1v) is 17.9. The van der Waals surface area contributed by atoms with E-state index in [-0.39, 0.29) is 59.2 Å². The molecule has 3 atom stereocenters. The van der Waals surface area contributed by atoms with Gasteiger partial charge >= 0.3 is 23.9 Å². The predicted octanol–water partition coefficient (Wildman–Crippen LogP) is 8.18. The lowest BCUT2D eigenvalue weighted by molar-refractivity contribution is -0.149. The molecule has 0 unspecified atom stereocenters. The van der Waals surface area contributed by atoms with Gasteiger partial charge in [0.05, 0.1) is 43.5 Å². The first-order chi connectivity index (χ1) is 24.8. The van der Waals surface area contributed by atoms with Crippen molar-refractivity contribution in [2.45, 2.75) is 65.2 Å². The zero-order valence-electron chi connectivity index (χ0n) is 29.3. The summed E-state index contributed by atoms with van der Waals surface area (Å²) < 4.78 is 33.5. The number of fused-ring (bicyclic) bond motifs is 2. The Hall–Kier alpha value is -5.12. The van der Waals surface area contributed by atoms with Crippen molar-refractivity contribution in [2.75, 3.05) is 26.4 Å². The summed E-state index contributed by atoms with van der Waals surface area (Å²) >= 11 is 0. The minimum atomic E-state index is -0.769. The Morgan fingerprint density at radius 1 is 0.588 bits per heavy atom. The first kappa shape index (κ1) is 37.1. The van der Waals surface area contributed by atoms with Crippen LogP contribution in [0.4, 0.5) is 0 Å². The molecule has 5 rings (SSSR count). The Morgan fingerprint density at radius 3 is 1.71 bits per heavy atom. The standard InChI is InChI=1S/C41H46O10/c1-3-5-21-46-32-15-11-29(12-16-32)38(42)50-34-19-20-37(51-39(43)30-13-17-33(18-14-30)47-22-6-4-2)36(27-34)41(45)49-24-8-7-23-48-40(44)35-26-28-9-10-31(35)25-28/h9-20,27-28,31,35H,3-8,21-26H2,1-2H3/t28-,31-,35-/m0/s1. The van der Waals surface area contributed by atoms with Gasteiger partial charge in [0, 0.05) is 0 Å². The van der Waals surface area contributed by atoms with Gasteiger partial charge in [-0.3, -0.25) is 4.79 Å². The van der Waals surface area contributed by atoms with Crippen LogP contribution in [-0.4, -0.2) is 50.3 Å². The second-order valence-electron chi connectivity index (χ2n) is 12.8. The Kier molecular flexibility index (Phi) is 13.7. The Balaban J connectivity index is 1.20. The van der Waals surface area contributed by atoms with Gasteiger partial charge in [0.15, 0.2) is 0 Å². The van der Waals surface area contributed by atoms with Crippen molar-refractivity contribution in [3.8, 4) is 23.0 Å². The van der Waals surface area contributed by atoms with E-state index < -0.39 is 17.9 Å². The van der Waals surface area contributed by atoms with E-state index in [4.69, 9.17) is 28.4 Å². The Labute approximate surface area is 299 Å². The maximum atomic E-state index is 13.3. The van der Waals surface area contributed by atoms with Crippen molar-refractivity contribution >= 4 is 23.9 Å². The monoisotopic (exact) mass is 698 g/mol. The molecule has 0 N–H and O–H groups in total. The van der Waals surface area contributed by atoms with E-state index in [9.17, 15) is 19.2 Å². The van der Waals surface area contributed by atoms with E-state index >= 15 is 0 Å². The van der Waals surface area contributed by atoms with E-state index in [0.717, 1.165) is 38.5 Å². The topological polar surface area (TPSA) is 124 Å². The van der Waals surface area contributed by atoms with Crippen molar-refractivity contribution in [1.29, 1.82) is 0 Å². The SMILES string of the molecule is CCCCOc1ccc(C(=O)Oc2ccc(OC(=O)c3ccc(OCCCC)cc3)c(C(=O)OCCCCOC(=O)[C@H]3C[C@H]4C=C[C@H]3C4)c2)cc1. The molecule has 0 saturated heterocycles. The van der Waals surface area contributed by atoms with E-state index in [2.05, 4.69) is 26.0 Å². The normalized spacial score (nSPS) is 17.1. The van der Waals surface area contributed by atoms with Crippen molar-refractivity contribution in [2.24, 2.45) is 17.8 Å². The van der Waals surface area contributed by atoms with Crippen molar-refractivity contribution in [1.82, 2.24) is 0 Å². The molecule has 1 saturated carbocycles. The maximum Gasteiger partial charge on any atom is 0.343 e. The molecule has 10 nitrogen and oxygen atoms in total. The van der Waals surface area contributed by atoms with Crippen LogP contribution in [0.5, 0.6) is 23.0 Å². The number of esters is 4. The summed E-state index contributed by atoms with van der Waals surface area (Å²) in [6.45, 7) is 5.58. The lowest BCUT2D eigenvalue weighted by atomic mass is 9.94. The van der Waals surface area contributed by atoms with Gasteiger partial charge < -0.3 is 28.4 Å². The molecule has 3 aromatic carbocycles. The molecule has 0 amide bonds. The molecule has 0 aliphatic heterocycles. The van der Waals surface area contributed by atoms with Gasteiger partial charge in [0.25, 0.3) is 0 Å². The molecular formula is C41H46O10. The van der Waals surface area contributed by atoms with Crippen LogP contribution in [0, 0.1) is 17.8 Å². The molecule has 0 heterocycles. The quantitative estimate of drug-likeness (QED) is 0.0524. The number of hydrogen-bond acceptors (Lipinski definition) is 10. The maximum absolute atomic E-state index is 13.3. The fourth-order valence-electron chi connectivity index (χ4n) is 5.97. The predicted molar refractivity (Wildman–Crippen MR) is 189 cm³/mol. The Morgan fingerprint density at radius 2 is 1.16 bits per heavy atom. The lowest BCUT2D eigenvalue weighted by Crippen LogP contribution is -2.22. The molecule has 2 aliphatic carbocycles. The average molecular weight is 699 g/mol.